The van der Waals surface area contributed by atoms with E-state index in [2.05, 4.69) is 5.43 Å². The molecule has 1 amide bonds. The van der Waals surface area contributed by atoms with Gasteiger partial charge in [-0.15, -0.1) is 0 Å². The summed E-state index contributed by atoms with van der Waals surface area (Å²) >= 11 is 0. The van der Waals surface area contributed by atoms with Crippen molar-refractivity contribution in [3.8, 4) is 0 Å². The number of nitrogens with zero attached hydrogens (tertiary/aromatic N) is 1. The van der Waals surface area contributed by atoms with E-state index in [1.54, 1.807) is 0 Å². The first-order chi connectivity index (χ1) is 8.37. The number of likely N-dealkylation sites (N-methyl/N-ethyl adjacent to an activating group) is 1. The maximum absolute atomic E-state index is 11.6. The van der Waals surface area contributed by atoms with Gasteiger partial charge in [0.25, 0.3) is 5.91 Å². The molecule has 18 heavy (non-hydrogen) atoms. The van der Waals surface area contributed by atoms with Gasteiger partial charge in [0.05, 0.1) is 6.54 Å². The van der Waals surface area contributed by atoms with Crippen LogP contribution in [0.5, 0.6) is 0 Å². The second kappa shape index (κ2) is 5.72. The van der Waals surface area contributed by atoms with E-state index in [0.29, 0.717) is 11.1 Å². The van der Waals surface area contributed by atoms with E-state index >= 15 is 0 Å². The zero-order chi connectivity index (χ0) is 13.9. The summed E-state index contributed by atoms with van der Waals surface area (Å²) in [6.45, 7) is 3.99. The molecular formula is C10H19N2O6+. The fourth-order valence-corrected chi connectivity index (χ4v) is 1.55. The lowest BCUT2D eigenvalue weighted by molar-refractivity contribution is -0.835. The molecule has 0 saturated carbocycles. The zero-order valence-electron chi connectivity index (χ0n) is 10.1. The molecule has 4 atom stereocenters. The predicted molar refractivity (Wildman–Crippen MR) is 58.8 cm³/mol. The first kappa shape index (κ1) is 15.0. The molecule has 5 N–H and O–H groups in total. The van der Waals surface area contributed by atoms with Gasteiger partial charge in [0.1, 0.15) is 18.3 Å². The van der Waals surface area contributed by atoms with Crippen molar-refractivity contribution in [1.82, 2.24) is 5.43 Å². The molecule has 8 nitrogen and oxygen atoms in total. The number of hydrogen-bond acceptors (Lipinski definition) is 6. The average Bonchev–Trinajstić information content (AvgIpc) is 3.15. The Balaban J connectivity index is 2.54. The lowest BCUT2D eigenvalue weighted by Crippen LogP contribution is -2.55. The quantitative estimate of drug-likeness (QED) is 0.184. The molecule has 1 aliphatic rings. The fraction of sp³-hybridized carbons (Fsp3) is 0.800. The molecule has 0 radical (unpaired) electrons. The van der Waals surface area contributed by atoms with Crippen LogP contribution in [0, 0.1) is 0 Å². The van der Waals surface area contributed by atoms with Crippen molar-refractivity contribution in [3.63, 3.8) is 0 Å². The SMILES string of the molecule is CC[N+]1(NC(=O)[C@@H](O)[C@@H](O)[C@H](O)[C@H](O)C=O)CC1. The number of carbonyl (C=O) groups excluding carboxylic acids is 2. The Labute approximate surface area is 104 Å². The molecule has 0 unspecified atom stereocenters. The van der Waals surface area contributed by atoms with Crippen molar-refractivity contribution in [2.45, 2.75) is 31.3 Å². The van der Waals surface area contributed by atoms with E-state index in [-0.39, 0.29) is 6.29 Å². The number of aldehydes is 1. The summed E-state index contributed by atoms with van der Waals surface area (Å²) in [7, 11) is 0. The molecule has 1 saturated heterocycles. The van der Waals surface area contributed by atoms with Crippen LogP contribution < -0.4 is 5.43 Å². The highest BCUT2D eigenvalue weighted by atomic mass is 16.4. The van der Waals surface area contributed by atoms with Crippen LogP contribution in [0.1, 0.15) is 6.92 Å². The summed E-state index contributed by atoms with van der Waals surface area (Å²) < 4.78 is 0.314. The molecule has 1 fully saturated rings. The van der Waals surface area contributed by atoms with Gasteiger partial charge in [-0.25, -0.2) is 4.59 Å². The minimum Gasteiger partial charge on any atom is -0.387 e. The zero-order valence-corrected chi connectivity index (χ0v) is 10.1. The van der Waals surface area contributed by atoms with Gasteiger partial charge in [0.2, 0.25) is 0 Å². The predicted octanol–water partition coefficient (Wildman–Crippen LogP) is -3.49. The van der Waals surface area contributed by atoms with E-state index in [1.165, 1.54) is 0 Å². The first-order valence-corrected chi connectivity index (χ1v) is 5.72. The average molecular weight is 263 g/mol. The number of aliphatic hydroxyl groups is 4. The lowest BCUT2D eigenvalue weighted by atomic mass is 10.0. The molecule has 0 aliphatic carbocycles. The van der Waals surface area contributed by atoms with Crippen LogP contribution in [0.25, 0.3) is 0 Å². The number of hydrogen-bond donors (Lipinski definition) is 5. The van der Waals surface area contributed by atoms with Crippen LogP contribution in [0.4, 0.5) is 0 Å². The van der Waals surface area contributed by atoms with Crippen LogP contribution in [-0.2, 0) is 9.59 Å². The Morgan fingerprint density at radius 1 is 1.28 bits per heavy atom. The topological polar surface area (TPSA) is 127 Å². The third kappa shape index (κ3) is 3.24. The fourth-order valence-electron chi connectivity index (χ4n) is 1.55. The molecule has 0 bridgehead atoms. The van der Waals surface area contributed by atoms with Crippen molar-refractivity contribution in [2.24, 2.45) is 0 Å². The summed E-state index contributed by atoms with van der Waals surface area (Å²) in [5.41, 5.74) is 2.52. The van der Waals surface area contributed by atoms with Gasteiger partial charge in [0.15, 0.2) is 25.5 Å². The molecule has 0 spiro atoms. The second-order valence-electron chi connectivity index (χ2n) is 4.44. The highest BCUT2D eigenvalue weighted by Gasteiger charge is 2.45. The maximum Gasteiger partial charge on any atom is 0.296 e. The van der Waals surface area contributed by atoms with E-state index in [4.69, 9.17) is 5.11 Å². The van der Waals surface area contributed by atoms with E-state index in [1.807, 2.05) is 6.92 Å². The normalized spacial score (nSPS) is 23.6. The summed E-state index contributed by atoms with van der Waals surface area (Å²) in [6, 6.07) is 0. The van der Waals surface area contributed by atoms with Gasteiger partial charge in [-0.05, 0) is 6.92 Å². The largest absolute Gasteiger partial charge is 0.387 e. The van der Waals surface area contributed by atoms with E-state index < -0.39 is 30.3 Å². The van der Waals surface area contributed by atoms with Gasteiger partial charge >= 0.3 is 0 Å². The van der Waals surface area contributed by atoms with Crippen LogP contribution in [-0.4, -0.2) is 81.3 Å². The van der Waals surface area contributed by atoms with Crippen LogP contribution in [0.3, 0.4) is 0 Å². The van der Waals surface area contributed by atoms with Crippen molar-refractivity contribution in [1.29, 1.82) is 0 Å². The molecule has 0 aromatic heterocycles. The summed E-state index contributed by atoms with van der Waals surface area (Å²) in [4.78, 5) is 21.8. The Bertz CT molecular complexity index is 319. The van der Waals surface area contributed by atoms with Crippen LogP contribution in [0.15, 0.2) is 0 Å². The molecule has 0 aromatic rings. The number of aliphatic hydroxyl groups excluding tert-OH is 4. The number of carbonyl (C=O) groups is 2. The van der Waals surface area contributed by atoms with Gasteiger partial charge in [-0.3, -0.25) is 4.79 Å². The minimum absolute atomic E-state index is 0.0169. The third-order valence-electron chi connectivity index (χ3n) is 3.15. The summed E-state index contributed by atoms with van der Waals surface area (Å²) in [5.74, 6) is -0.848. The molecule has 8 heteroatoms. The molecular weight excluding hydrogens is 244 g/mol. The lowest BCUT2D eigenvalue weighted by Gasteiger charge is -2.25. The Kier molecular flexibility index (Phi) is 4.77. The second-order valence-corrected chi connectivity index (χ2v) is 4.44. The van der Waals surface area contributed by atoms with Gasteiger partial charge in [-0.1, -0.05) is 0 Å². The highest BCUT2D eigenvalue weighted by Crippen LogP contribution is 2.16. The summed E-state index contributed by atoms with van der Waals surface area (Å²) in [5, 5.41) is 37.3. The Morgan fingerprint density at radius 3 is 2.22 bits per heavy atom. The third-order valence-corrected chi connectivity index (χ3v) is 3.15. The van der Waals surface area contributed by atoms with E-state index in [0.717, 1.165) is 13.1 Å². The molecule has 1 rings (SSSR count). The number of amides is 1. The Morgan fingerprint density at radius 2 is 1.83 bits per heavy atom. The Hall–Kier alpha value is -1.06. The van der Waals surface area contributed by atoms with E-state index in [9.17, 15) is 24.9 Å². The summed E-state index contributed by atoms with van der Waals surface area (Å²) in [6.07, 6.45) is -7.58. The monoisotopic (exact) mass is 263 g/mol. The van der Waals surface area contributed by atoms with Crippen molar-refractivity contribution in [2.75, 3.05) is 19.6 Å². The molecule has 1 aliphatic heterocycles. The minimum atomic E-state index is -1.93. The molecule has 1 heterocycles. The van der Waals surface area contributed by atoms with Gasteiger partial charge in [-0.2, -0.15) is 5.43 Å². The molecule has 0 aromatic carbocycles. The first-order valence-electron chi connectivity index (χ1n) is 5.72. The van der Waals surface area contributed by atoms with Crippen LogP contribution in [0.2, 0.25) is 0 Å². The number of nitrogens with one attached hydrogen (secondary N) is 1. The number of quaternary nitrogens is 1. The van der Waals surface area contributed by atoms with Gasteiger partial charge in [0, 0.05) is 0 Å². The molecule has 104 valence electrons. The smallest absolute Gasteiger partial charge is 0.296 e. The number of rotatable bonds is 7. The van der Waals surface area contributed by atoms with Crippen molar-refractivity contribution >= 4 is 12.2 Å². The standard InChI is InChI=1S/C10H18N2O6/c1-2-12(3-4-12)11-10(18)9(17)8(16)7(15)6(14)5-13/h5-9,14-17H,2-4H2,1H3/p+1/t6-,7-,8+,9+/m1/s1. The highest BCUT2D eigenvalue weighted by molar-refractivity contribution is 5.80. The van der Waals surface area contributed by atoms with Crippen molar-refractivity contribution < 1.29 is 34.6 Å². The van der Waals surface area contributed by atoms with Crippen LogP contribution >= 0.6 is 0 Å². The maximum atomic E-state index is 11.6. The van der Waals surface area contributed by atoms with Gasteiger partial charge < -0.3 is 25.2 Å². The van der Waals surface area contributed by atoms with Crippen molar-refractivity contribution in [3.05, 3.63) is 0 Å².